The highest BCUT2D eigenvalue weighted by Gasteiger charge is 2.29. The lowest BCUT2D eigenvalue weighted by Crippen LogP contribution is -2.41. The second-order valence-corrected chi connectivity index (χ2v) is 8.14. The zero-order valence-corrected chi connectivity index (χ0v) is 18.1. The summed E-state index contributed by atoms with van der Waals surface area (Å²) in [5.41, 5.74) is 0.738. The van der Waals surface area contributed by atoms with Gasteiger partial charge in [-0.1, -0.05) is 36.0 Å². The fraction of sp³-hybridized carbons (Fsp3) is 0.227. The zero-order valence-electron chi connectivity index (χ0n) is 17.2. The lowest BCUT2D eigenvalue weighted by Gasteiger charge is -2.14. The Morgan fingerprint density at radius 1 is 1.00 bits per heavy atom. The largest absolute Gasteiger partial charge is 0.331 e. The van der Waals surface area contributed by atoms with Gasteiger partial charge in [0.05, 0.1) is 23.2 Å². The molecule has 0 atom stereocenters. The van der Waals surface area contributed by atoms with Crippen LogP contribution in [0.2, 0.25) is 0 Å². The molecular weight excluding hydrogens is 432 g/mol. The van der Waals surface area contributed by atoms with Gasteiger partial charge in [-0.05, 0) is 36.8 Å². The van der Waals surface area contributed by atoms with Crippen molar-refractivity contribution in [3.05, 3.63) is 74.9 Å². The number of carbonyl (C=O) groups is 3. The van der Waals surface area contributed by atoms with Crippen molar-refractivity contribution in [1.82, 2.24) is 14.0 Å². The number of rotatable bonds is 6. The molecule has 2 aromatic carbocycles. The summed E-state index contributed by atoms with van der Waals surface area (Å²) in [7, 11) is 0. The highest BCUT2D eigenvalue weighted by Crippen LogP contribution is 2.22. The van der Waals surface area contributed by atoms with Crippen LogP contribution >= 0.6 is 11.8 Å². The number of amides is 3. The second kappa shape index (κ2) is 8.83. The Morgan fingerprint density at radius 2 is 1.72 bits per heavy atom. The summed E-state index contributed by atoms with van der Waals surface area (Å²) >= 11 is 0.982. The Bertz CT molecular complexity index is 1330. The van der Waals surface area contributed by atoms with Crippen LogP contribution in [0.15, 0.2) is 58.1 Å². The number of imide groups is 1. The van der Waals surface area contributed by atoms with E-state index in [2.05, 4.69) is 5.32 Å². The quantitative estimate of drug-likeness (QED) is 0.613. The summed E-state index contributed by atoms with van der Waals surface area (Å²) in [4.78, 5) is 62.6. The van der Waals surface area contributed by atoms with E-state index >= 15 is 0 Å². The van der Waals surface area contributed by atoms with Gasteiger partial charge in [0.25, 0.3) is 10.8 Å². The minimum absolute atomic E-state index is 0.159. The Morgan fingerprint density at radius 3 is 2.38 bits per heavy atom. The molecule has 3 amide bonds. The number of nitrogens with zero attached hydrogens (tertiary/aromatic N) is 3. The monoisotopic (exact) mass is 452 g/mol. The number of para-hydroxylation sites is 1. The number of benzene rings is 2. The van der Waals surface area contributed by atoms with Crippen LogP contribution in [0.5, 0.6) is 0 Å². The first-order chi connectivity index (χ1) is 15.4. The molecule has 1 N–H and O–H groups in total. The van der Waals surface area contributed by atoms with Gasteiger partial charge in [0.2, 0.25) is 11.8 Å². The molecule has 1 saturated heterocycles. The fourth-order valence-corrected chi connectivity index (χ4v) is 4.28. The van der Waals surface area contributed by atoms with Crippen molar-refractivity contribution >= 4 is 45.4 Å². The van der Waals surface area contributed by atoms with Gasteiger partial charge in [0.15, 0.2) is 0 Å². The van der Waals surface area contributed by atoms with E-state index in [-0.39, 0.29) is 42.1 Å². The van der Waals surface area contributed by atoms with E-state index in [9.17, 15) is 24.0 Å². The Labute approximate surface area is 186 Å². The van der Waals surface area contributed by atoms with Crippen LogP contribution < -0.4 is 16.6 Å². The Hall–Kier alpha value is -3.66. The van der Waals surface area contributed by atoms with E-state index in [1.807, 2.05) is 0 Å². The number of nitrogens with one attached hydrogen (secondary N) is 1. The average molecular weight is 452 g/mol. The number of hydrogen-bond donors (Lipinski definition) is 1. The predicted octanol–water partition coefficient (Wildman–Crippen LogP) is 2.02. The summed E-state index contributed by atoms with van der Waals surface area (Å²) in [5, 5.41) is 2.84. The van der Waals surface area contributed by atoms with Gasteiger partial charge in [0, 0.05) is 12.2 Å². The third-order valence-corrected chi connectivity index (χ3v) is 6.03. The molecular formula is C22H20N4O5S. The fourth-order valence-electron chi connectivity index (χ4n) is 3.56. The van der Waals surface area contributed by atoms with Crippen molar-refractivity contribution in [2.75, 3.05) is 11.1 Å². The molecule has 32 heavy (non-hydrogen) atoms. The summed E-state index contributed by atoms with van der Waals surface area (Å²) in [6.45, 7) is 1.83. The van der Waals surface area contributed by atoms with Gasteiger partial charge >= 0.3 is 5.69 Å². The molecule has 164 valence electrons. The molecule has 1 aromatic heterocycles. The second-order valence-electron chi connectivity index (χ2n) is 7.21. The number of fused-ring (bicyclic) bond motifs is 1. The highest BCUT2D eigenvalue weighted by molar-refractivity contribution is 8.14. The van der Waals surface area contributed by atoms with E-state index < -0.39 is 11.6 Å². The smallest absolute Gasteiger partial charge is 0.325 e. The zero-order chi connectivity index (χ0) is 22.8. The molecule has 3 aromatic rings. The lowest BCUT2D eigenvalue weighted by atomic mass is 10.2. The molecule has 1 aliphatic heterocycles. The van der Waals surface area contributed by atoms with E-state index in [4.69, 9.17) is 0 Å². The molecule has 9 nitrogen and oxygen atoms in total. The molecule has 0 radical (unpaired) electrons. The first kappa shape index (κ1) is 21.6. The standard InChI is InChI=1S/C22H20N4O5S/c1-2-24-20(29)16-5-3-4-6-17(16)25(21(24)30)12-18(27)23-15-9-7-14(8-10-15)11-26-19(28)13-32-22(26)31/h3-10H,2,11-13H2,1H3,(H,23,27). The minimum atomic E-state index is -0.542. The van der Waals surface area contributed by atoms with E-state index in [0.717, 1.165) is 21.9 Å². The van der Waals surface area contributed by atoms with Crippen LogP contribution in [0.1, 0.15) is 12.5 Å². The van der Waals surface area contributed by atoms with Crippen molar-refractivity contribution in [3.63, 3.8) is 0 Å². The minimum Gasteiger partial charge on any atom is -0.325 e. The SMILES string of the molecule is CCn1c(=O)c2ccccc2n(CC(=O)Nc2ccc(CN3C(=O)CSC3=O)cc2)c1=O. The van der Waals surface area contributed by atoms with E-state index in [0.29, 0.717) is 16.6 Å². The molecule has 0 spiro atoms. The summed E-state index contributed by atoms with van der Waals surface area (Å²) in [5.74, 6) is -0.483. The summed E-state index contributed by atoms with van der Waals surface area (Å²) in [6.07, 6.45) is 0. The number of carbonyl (C=O) groups excluding carboxylic acids is 3. The number of aromatic nitrogens is 2. The van der Waals surface area contributed by atoms with Gasteiger partial charge in [-0.2, -0.15) is 0 Å². The molecule has 0 bridgehead atoms. The van der Waals surface area contributed by atoms with Crippen molar-refractivity contribution in [1.29, 1.82) is 0 Å². The first-order valence-corrected chi connectivity index (χ1v) is 11.0. The van der Waals surface area contributed by atoms with Crippen LogP contribution in [-0.4, -0.2) is 36.8 Å². The molecule has 10 heteroatoms. The third kappa shape index (κ3) is 4.09. The first-order valence-electron chi connectivity index (χ1n) is 9.97. The third-order valence-electron chi connectivity index (χ3n) is 5.17. The van der Waals surface area contributed by atoms with E-state index in [1.54, 1.807) is 55.5 Å². The van der Waals surface area contributed by atoms with Crippen molar-refractivity contribution in [3.8, 4) is 0 Å². The maximum absolute atomic E-state index is 12.8. The molecule has 0 aliphatic carbocycles. The van der Waals surface area contributed by atoms with Crippen LogP contribution in [0.25, 0.3) is 10.9 Å². The van der Waals surface area contributed by atoms with Gasteiger partial charge in [0.1, 0.15) is 6.54 Å². The molecule has 1 aliphatic rings. The van der Waals surface area contributed by atoms with Gasteiger partial charge in [-0.25, -0.2) is 4.79 Å². The topological polar surface area (TPSA) is 110 Å². The van der Waals surface area contributed by atoms with Gasteiger partial charge in [-0.15, -0.1) is 0 Å². The number of thioether (sulfide) groups is 1. The maximum Gasteiger partial charge on any atom is 0.331 e. The van der Waals surface area contributed by atoms with Crippen molar-refractivity contribution < 1.29 is 14.4 Å². The molecule has 2 heterocycles. The van der Waals surface area contributed by atoms with E-state index in [1.165, 1.54) is 9.47 Å². The average Bonchev–Trinajstić information content (AvgIpc) is 3.10. The molecule has 1 fully saturated rings. The lowest BCUT2D eigenvalue weighted by molar-refractivity contribution is -0.125. The molecule has 4 rings (SSSR count). The van der Waals surface area contributed by atoms with Gasteiger partial charge < -0.3 is 5.32 Å². The summed E-state index contributed by atoms with van der Waals surface area (Å²) in [6, 6.07) is 13.5. The Balaban J connectivity index is 1.52. The Kier molecular flexibility index (Phi) is 5.95. The highest BCUT2D eigenvalue weighted by atomic mass is 32.2. The van der Waals surface area contributed by atoms with Crippen molar-refractivity contribution in [2.45, 2.75) is 26.6 Å². The van der Waals surface area contributed by atoms with Crippen LogP contribution in [0.4, 0.5) is 10.5 Å². The maximum atomic E-state index is 12.8. The molecule has 0 saturated carbocycles. The van der Waals surface area contributed by atoms with Crippen LogP contribution in [-0.2, 0) is 29.2 Å². The molecule has 0 unspecified atom stereocenters. The van der Waals surface area contributed by atoms with Gasteiger partial charge in [-0.3, -0.25) is 33.2 Å². The predicted molar refractivity (Wildman–Crippen MR) is 122 cm³/mol. The van der Waals surface area contributed by atoms with Crippen molar-refractivity contribution in [2.24, 2.45) is 0 Å². The van der Waals surface area contributed by atoms with Crippen LogP contribution in [0.3, 0.4) is 0 Å². The normalized spacial score (nSPS) is 13.7. The number of anilines is 1. The summed E-state index contributed by atoms with van der Waals surface area (Å²) < 4.78 is 2.38. The number of hydrogen-bond acceptors (Lipinski definition) is 6. The van der Waals surface area contributed by atoms with Crippen LogP contribution in [0, 0.1) is 0 Å².